The Morgan fingerprint density at radius 2 is 2.00 bits per heavy atom. The van der Waals surface area contributed by atoms with E-state index in [0.717, 1.165) is 19.3 Å². The quantitative estimate of drug-likeness (QED) is 0.779. The number of rotatable bonds is 7. The van der Waals surface area contributed by atoms with Crippen LogP contribution in [-0.2, 0) is 10.0 Å². The van der Waals surface area contributed by atoms with Crippen LogP contribution in [0.15, 0.2) is 29.2 Å². The third-order valence-electron chi connectivity index (χ3n) is 2.87. The Balaban J connectivity index is 2.93. The second kappa shape index (κ2) is 6.68. The molecule has 19 heavy (non-hydrogen) atoms. The van der Waals surface area contributed by atoms with Crippen molar-refractivity contribution in [2.24, 2.45) is 0 Å². The molecule has 0 bridgehead atoms. The van der Waals surface area contributed by atoms with Gasteiger partial charge in [-0.05, 0) is 24.6 Å². The molecule has 0 atom stereocenters. The number of aromatic carboxylic acids is 1. The zero-order valence-corrected chi connectivity index (χ0v) is 12.0. The van der Waals surface area contributed by atoms with Gasteiger partial charge in [-0.15, -0.1) is 0 Å². The predicted octanol–water partition coefficient (Wildman–Crippen LogP) is 2.20. The van der Waals surface area contributed by atoms with Crippen molar-refractivity contribution in [1.82, 2.24) is 4.31 Å². The Kier molecular flexibility index (Phi) is 5.50. The average Bonchev–Trinajstić information content (AvgIpc) is 2.39. The molecule has 0 unspecified atom stereocenters. The summed E-state index contributed by atoms with van der Waals surface area (Å²) < 4.78 is 25.7. The van der Waals surface area contributed by atoms with Crippen LogP contribution in [0.4, 0.5) is 0 Å². The van der Waals surface area contributed by atoms with Gasteiger partial charge in [-0.2, -0.15) is 0 Å². The molecule has 0 saturated heterocycles. The van der Waals surface area contributed by atoms with Crippen LogP contribution in [0, 0.1) is 0 Å². The molecule has 0 spiro atoms. The van der Waals surface area contributed by atoms with E-state index in [1.165, 1.54) is 35.6 Å². The van der Waals surface area contributed by atoms with Gasteiger partial charge >= 0.3 is 5.97 Å². The van der Waals surface area contributed by atoms with Crippen LogP contribution < -0.4 is 0 Å². The summed E-state index contributed by atoms with van der Waals surface area (Å²) in [5, 5.41) is 8.88. The molecular weight excluding hydrogens is 266 g/mol. The van der Waals surface area contributed by atoms with Gasteiger partial charge in [0.2, 0.25) is 10.0 Å². The van der Waals surface area contributed by atoms with E-state index in [9.17, 15) is 13.2 Å². The number of unbranched alkanes of at least 4 members (excludes halogenated alkanes) is 2. The van der Waals surface area contributed by atoms with Crippen molar-refractivity contribution >= 4 is 16.0 Å². The monoisotopic (exact) mass is 285 g/mol. The van der Waals surface area contributed by atoms with Crippen LogP contribution in [0.3, 0.4) is 0 Å². The Bertz CT molecular complexity index is 539. The molecule has 6 heteroatoms. The van der Waals surface area contributed by atoms with Gasteiger partial charge in [-0.3, -0.25) is 0 Å². The third kappa shape index (κ3) is 4.04. The molecule has 1 aromatic carbocycles. The largest absolute Gasteiger partial charge is 0.478 e. The van der Waals surface area contributed by atoms with E-state index in [0.29, 0.717) is 6.54 Å². The number of benzene rings is 1. The molecule has 1 rings (SSSR count). The first kappa shape index (κ1) is 15.7. The smallest absolute Gasteiger partial charge is 0.335 e. The maximum Gasteiger partial charge on any atom is 0.335 e. The molecule has 0 aromatic heterocycles. The summed E-state index contributed by atoms with van der Waals surface area (Å²) in [6, 6.07) is 5.42. The van der Waals surface area contributed by atoms with Gasteiger partial charge in [0, 0.05) is 13.6 Å². The van der Waals surface area contributed by atoms with Crippen molar-refractivity contribution in [2.45, 2.75) is 31.1 Å². The lowest BCUT2D eigenvalue weighted by molar-refractivity contribution is 0.0696. The highest BCUT2D eigenvalue weighted by Crippen LogP contribution is 2.16. The highest BCUT2D eigenvalue weighted by Gasteiger charge is 2.21. The molecule has 5 nitrogen and oxygen atoms in total. The summed E-state index contributed by atoms with van der Waals surface area (Å²) in [6.07, 6.45) is 2.78. The van der Waals surface area contributed by atoms with Crippen molar-refractivity contribution in [3.63, 3.8) is 0 Å². The molecule has 0 aliphatic heterocycles. The number of carboxylic acids is 1. The molecule has 0 aliphatic carbocycles. The number of sulfonamides is 1. The lowest BCUT2D eigenvalue weighted by atomic mass is 10.2. The van der Waals surface area contributed by atoms with E-state index in [1.54, 1.807) is 0 Å². The molecular formula is C13H19NO4S. The van der Waals surface area contributed by atoms with Crippen LogP contribution >= 0.6 is 0 Å². The van der Waals surface area contributed by atoms with Crippen LogP contribution in [-0.4, -0.2) is 37.4 Å². The molecule has 0 saturated carbocycles. The Morgan fingerprint density at radius 3 is 2.58 bits per heavy atom. The molecule has 0 fully saturated rings. The zero-order valence-electron chi connectivity index (χ0n) is 11.2. The highest BCUT2D eigenvalue weighted by atomic mass is 32.2. The standard InChI is InChI=1S/C13H19NO4S/c1-3-4-5-9-14(2)19(17,18)12-8-6-7-11(10-12)13(15)16/h6-8,10H,3-5,9H2,1-2H3,(H,15,16). The molecule has 106 valence electrons. The van der Waals surface area contributed by atoms with Gasteiger partial charge in [0.1, 0.15) is 0 Å². The fraction of sp³-hybridized carbons (Fsp3) is 0.462. The van der Waals surface area contributed by atoms with Gasteiger partial charge in [-0.1, -0.05) is 25.8 Å². The highest BCUT2D eigenvalue weighted by molar-refractivity contribution is 7.89. The Labute approximate surface area is 113 Å². The van der Waals surface area contributed by atoms with E-state index in [2.05, 4.69) is 0 Å². The Hall–Kier alpha value is -1.40. The second-order valence-corrected chi connectivity index (χ2v) is 6.41. The summed E-state index contributed by atoms with van der Waals surface area (Å²) in [4.78, 5) is 10.9. The predicted molar refractivity (Wildman–Crippen MR) is 72.7 cm³/mol. The average molecular weight is 285 g/mol. The summed E-state index contributed by atoms with van der Waals surface area (Å²) in [5.41, 5.74) is -0.0250. The van der Waals surface area contributed by atoms with Crippen molar-refractivity contribution in [3.8, 4) is 0 Å². The normalized spacial score (nSPS) is 11.7. The third-order valence-corrected chi connectivity index (χ3v) is 4.72. The number of hydrogen-bond acceptors (Lipinski definition) is 3. The first-order chi connectivity index (χ1) is 8.89. The number of carbonyl (C=O) groups is 1. The van der Waals surface area contributed by atoms with Crippen molar-refractivity contribution < 1.29 is 18.3 Å². The minimum atomic E-state index is -3.61. The summed E-state index contributed by atoms with van der Waals surface area (Å²) in [5.74, 6) is -1.13. The van der Waals surface area contributed by atoms with Crippen LogP contribution in [0.5, 0.6) is 0 Å². The van der Waals surface area contributed by atoms with Gasteiger partial charge in [0.15, 0.2) is 0 Å². The van der Waals surface area contributed by atoms with Gasteiger partial charge in [-0.25, -0.2) is 17.5 Å². The first-order valence-corrected chi connectivity index (χ1v) is 7.63. The van der Waals surface area contributed by atoms with Gasteiger partial charge < -0.3 is 5.11 Å². The molecule has 1 aromatic rings. The molecule has 0 aliphatic rings. The number of carboxylic acid groups (broad SMARTS) is 1. The summed E-state index contributed by atoms with van der Waals surface area (Å²) >= 11 is 0. The van der Waals surface area contributed by atoms with Gasteiger partial charge in [0.25, 0.3) is 0 Å². The lowest BCUT2D eigenvalue weighted by Crippen LogP contribution is -2.28. The molecule has 0 heterocycles. The van der Waals surface area contributed by atoms with E-state index >= 15 is 0 Å². The van der Waals surface area contributed by atoms with Crippen LogP contribution in [0.25, 0.3) is 0 Å². The van der Waals surface area contributed by atoms with E-state index in [1.807, 2.05) is 6.92 Å². The number of nitrogens with zero attached hydrogens (tertiary/aromatic N) is 1. The lowest BCUT2D eigenvalue weighted by Gasteiger charge is -2.17. The van der Waals surface area contributed by atoms with E-state index in [4.69, 9.17) is 5.11 Å². The second-order valence-electron chi connectivity index (χ2n) is 4.37. The fourth-order valence-corrected chi connectivity index (χ4v) is 2.93. The molecule has 0 amide bonds. The minimum Gasteiger partial charge on any atom is -0.478 e. The summed E-state index contributed by atoms with van der Waals surface area (Å²) in [7, 11) is -2.09. The Morgan fingerprint density at radius 1 is 1.32 bits per heavy atom. The fourth-order valence-electron chi connectivity index (χ4n) is 1.67. The van der Waals surface area contributed by atoms with Crippen LogP contribution in [0.2, 0.25) is 0 Å². The first-order valence-electron chi connectivity index (χ1n) is 6.19. The van der Waals surface area contributed by atoms with Crippen LogP contribution in [0.1, 0.15) is 36.5 Å². The topological polar surface area (TPSA) is 74.7 Å². The summed E-state index contributed by atoms with van der Waals surface area (Å²) in [6.45, 7) is 2.48. The molecule has 0 radical (unpaired) electrons. The maximum atomic E-state index is 12.2. The van der Waals surface area contributed by atoms with E-state index in [-0.39, 0.29) is 10.5 Å². The SMILES string of the molecule is CCCCCN(C)S(=O)(=O)c1cccc(C(=O)O)c1. The maximum absolute atomic E-state index is 12.2. The zero-order chi connectivity index (χ0) is 14.5. The van der Waals surface area contributed by atoms with Crippen molar-refractivity contribution in [2.75, 3.05) is 13.6 Å². The van der Waals surface area contributed by atoms with Crippen molar-refractivity contribution in [3.05, 3.63) is 29.8 Å². The van der Waals surface area contributed by atoms with Crippen molar-refractivity contribution in [1.29, 1.82) is 0 Å². The molecule has 1 N–H and O–H groups in total. The number of hydrogen-bond donors (Lipinski definition) is 1. The minimum absolute atomic E-state index is 0.0198. The van der Waals surface area contributed by atoms with E-state index < -0.39 is 16.0 Å². The van der Waals surface area contributed by atoms with Gasteiger partial charge in [0.05, 0.1) is 10.5 Å².